The number of hydrogen-bond donors (Lipinski definition) is 2. The van der Waals surface area contributed by atoms with Crippen molar-refractivity contribution in [1.82, 2.24) is 10.2 Å². The Kier molecular flexibility index (Phi) is 11.3. The Morgan fingerprint density at radius 2 is 1.89 bits per heavy atom. The highest BCUT2D eigenvalue weighted by atomic mass is 35.5. The normalized spacial score (nSPS) is 21.7. The first-order chi connectivity index (χ1) is 12.2. The lowest BCUT2D eigenvalue weighted by atomic mass is 9.92. The third kappa shape index (κ3) is 7.59. The number of nitrogens with two attached hydrogens (primary N) is 1. The highest BCUT2D eigenvalue weighted by molar-refractivity contribution is 5.85. The van der Waals surface area contributed by atoms with Gasteiger partial charge in [-0.3, -0.25) is 4.79 Å². The molecule has 0 aliphatic carbocycles. The molecule has 3 N–H and O–H groups in total. The van der Waals surface area contributed by atoms with Gasteiger partial charge in [-0.1, -0.05) is 30.3 Å². The lowest BCUT2D eigenvalue weighted by Crippen LogP contribution is -2.48. The molecular weight excluding hydrogens is 385 g/mol. The number of halogens is 2. The first-order valence-corrected chi connectivity index (χ1v) is 9.59. The lowest BCUT2D eigenvalue weighted by molar-refractivity contribution is -0.124. The van der Waals surface area contributed by atoms with Gasteiger partial charge in [-0.2, -0.15) is 0 Å². The molecule has 5 nitrogen and oxygen atoms in total. The van der Waals surface area contributed by atoms with Gasteiger partial charge in [0.1, 0.15) is 0 Å². The predicted octanol–water partition coefficient (Wildman–Crippen LogP) is 2.26. The number of benzene rings is 1. The summed E-state index contributed by atoms with van der Waals surface area (Å²) in [5.74, 6) is 0.816. The summed E-state index contributed by atoms with van der Waals surface area (Å²) in [6.07, 6.45) is 4.03. The number of carbonyl (C=O) groups excluding carboxylic acids is 1. The molecule has 2 atom stereocenters. The third-order valence-electron chi connectivity index (χ3n) is 5.57. The molecule has 0 aromatic heterocycles. The van der Waals surface area contributed by atoms with Gasteiger partial charge in [0, 0.05) is 32.8 Å². The number of ether oxygens (including phenoxy) is 1. The molecule has 0 saturated carbocycles. The van der Waals surface area contributed by atoms with Gasteiger partial charge in [0.2, 0.25) is 5.91 Å². The van der Waals surface area contributed by atoms with E-state index in [-0.39, 0.29) is 42.7 Å². The second-order valence-electron chi connectivity index (χ2n) is 7.41. The summed E-state index contributed by atoms with van der Waals surface area (Å²) in [5.41, 5.74) is 7.53. The first-order valence-electron chi connectivity index (χ1n) is 9.59. The number of nitrogens with one attached hydrogen (secondary N) is 1. The van der Waals surface area contributed by atoms with Gasteiger partial charge in [0.15, 0.2) is 0 Å². The number of hydrogen-bond acceptors (Lipinski definition) is 4. The summed E-state index contributed by atoms with van der Waals surface area (Å²) in [6.45, 7) is 5.49. The molecule has 2 heterocycles. The van der Waals surface area contributed by atoms with Crippen molar-refractivity contribution in [1.29, 1.82) is 0 Å². The Morgan fingerprint density at radius 1 is 1.19 bits per heavy atom. The SMILES string of the molecule is Cl.Cl.NC(C(=O)NCC1CCN(CCc2ccccc2)C1)C1CCOCC1. The van der Waals surface area contributed by atoms with Gasteiger partial charge in [0.25, 0.3) is 0 Å². The van der Waals surface area contributed by atoms with E-state index < -0.39 is 0 Å². The van der Waals surface area contributed by atoms with Crippen molar-refractivity contribution >= 4 is 30.7 Å². The maximum atomic E-state index is 12.3. The van der Waals surface area contributed by atoms with Crippen LogP contribution in [0.3, 0.4) is 0 Å². The molecule has 0 radical (unpaired) electrons. The van der Waals surface area contributed by atoms with Crippen LogP contribution in [0.1, 0.15) is 24.8 Å². The van der Waals surface area contributed by atoms with Gasteiger partial charge < -0.3 is 20.7 Å². The maximum absolute atomic E-state index is 12.3. The Labute approximate surface area is 175 Å². The fourth-order valence-electron chi connectivity index (χ4n) is 3.87. The number of likely N-dealkylation sites (tertiary alicyclic amines) is 1. The molecule has 2 aliphatic rings. The van der Waals surface area contributed by atoms with Crippen LogP contribution in [0.2, 0.25) is 0 Å². The van der Waals surface area contributed by atoms with Crippen molar-refractivity contribution < 1.29 is 9.53 Å². The van der Waals surface area contributed by atoms with E-state index in [0.29, 0.717) is 5.92 Å². The molecule has 154 valence electrons. The van der Waals surface area contributed by atoms with Crippen LogP contribution >= 0.6 is 24.8 Å². The first kappa shape index (κ1) is 24.2. The summed E-state index contributed by atoms with van der Waals surface area (Å²) in [6, 6.07) is 10.2. The summed E-state index contributed by atoms with van der Waals surface area (Å²) < 4.78 is 5.34. The molecule has 1 aromatic carbocycles. The fourth-order valence-corrected chi connectivity index (χ4v) is 3.87. The number of nitrogens with zero attached hydrogens (tertiary/aromatic N) is 1. The zero-order chi connectivity index (χ0) is 17.5. The van der Waals surface area contributed by atoms with Crippen molar-refractivity contribution in [3.63, 3.8) is 0 Å². The number of carbonyl (C=O) groups is 1. The van der Waals surface area contributed by atoms with Gasteiger partial charge in [-0.25, -0.2) is 0 Å². The number of amides is 1. The summed E-state index contributed by atoms with van der Waals surface area (Å²) in [7, 11) is 0. The van der Waals surface area contributed by atoms with E-state index in [4.69, 9.17) is 10.5 Å². The number of rotatable bonds is 7. The zero-order valence-corrected chi connectivity index (χ0v) is 17.5. The molecule has 0 bridgehead atoms. The van der Waals surface area contributed by atoms with Crippen LogP contribution in [-0.4, -0.2) is 56.2 Å². The summed E-state index contributed by atoms with van der Waals surface area (Å²) in [4.78, 5) is 14.8. The van der Waals surface area contributed by atoms with Crippen molar-refractivity contribution in [2.45, 2.75) is 31.7 Å². The van der Waals surface area contributed by atoms with Crippen LogP contribution in [0.5, 0.6) is 0 Å². The second-order valence-corrected chi connectivity index (χ2v) is 7.41. The molecule has 1 aromatic rings. The molecule has 27 heavy (non-hydrogen) atoms. The minimum Gasteiger partial charge on any atom is -0.381 e. The monoisotopic (exact) mass is 417 g/mol. The second kappa shape index (κ2) is 12.6. The average molecular weight is 418 g/mol. The third-order valence-corrected chi connectivity index (χ3v) is 5.57. The molecule has 7 heteroatoms. The van der Waals surface area contributed by atoms with Crippen LogP contribution in [0.4, 0.5) is 0 Å². The fraction of sp³-hybridized carbons (Fsp3) is 0.650. The van der Waals surface area contributed by atoms with E-state index in [2.05, 4.69) is 40.5 Å². The molecule has 2 fully saturated rings. The Morgan fingerprint density at radius 3 is 2.59 bits per heavy atom. The van der Waals surface area contributed by atoms with Gasteiger partial charge >= 0.3 is 0 Å². The highest BCUT2D eigenvalue weighted by Gasteiger charge is 2.28. The molecule has 2 unspecified atom stereocenters. The van der Waals surface area contributed by atoms with E-state index in [1.165, 1.54) is 5.56 Å². The van der Waals surface area contributed by atoms with E-state index in [9.17, 15) is 4.79 Å². The summed E-state index contributed by atoms with van der Waals surface area (Å²) >= 11 is 0. The largest absolute Gasteiger partial charge is 0.381 e. The molecule has 2 aliphatic heterocycles. The molecule has 0 spiro atoms. The molecule has 2 saturated heterocycles. The van der Waals surface area contributed by atoms with Crippen LogP contribution in [-0.2, 0) is 16.0 Å². The van der Waals surface area contributed by atoms with Crippen molar-refractivity contribution in [2.24, 2.45) is 17.6 Å². The quantitative estimate of drug-likeness (QED) is 0.713. The van der Waals surface area contributed by atoms with Crippen LogP contribution in [0.25, 0.3) is 0 Å². The van der Waals surface area contributed by atoms with Gasteiger partial charge in [-0.05, 0) is 49.6 Å². The van der Waals surface area contributed by atoms with Crippen molar-refractivity contribution in [3.05, 3.63) is 35.9 Å². The van der Waals surface area contributed by atoms with Gasteiger partial charge in [-0.15, -0.1) is 24.8 Å². The molecular formula is C20H33Cl2N3O2. The molecule has 1 amide bonds. The van der Waals surface area contributed by atoms with E-state index in [1.807, 2.05) is 0 Å². The Bertz CT molecular complexity index is 541. The van der Waals surface area contributed by atoms with Crippen molar-refractivity contribution in [3.8, 4) is 0 Å². The van der Waals surface area contributed by atoms with Crippen molar-refractivity contribution in [2.75, 3.05) is 39.4 Å². The summed E-state index contributed by atoms with van der Waals surface area (Å²) in [5, 5.41) is 3.08. The highest BCUT2D eigenvalue weighted by Crippen LogP contribution is 2.19. The van der Waals surface area contributed by atoms with Crippen LogP contribution in [0.15, 0.2) is 30.3 Å². The minimum atomic E-state index is -0.389. The van der Waals surface area contributed by atoms with E-state index in [0.717, 1.165) is 65.1 Å². The smallest absolute Gasteiger partial charge is 0.237 e. The van der Waals surface area contributed by atoms with E-state index in [1.54, 1.807) is 0 Å². The molecule has 3 rings (SSSR count). The predicted molar refractivity (Wildman–Crippen MR) is 114 cm³/mol. The van der Waals surface area contributed by atoms with Crippen LogP contribution < -0.4 is 11.1 Å². The van der Waals surface area contributed by atoms with Gasteiger partial charge in [0.05, 0.1) is 6.04 Å². The average Bonchev–Trinajstić information content (AvgIpc) is 3.13. The van der Waals surface area contributed by atoms with E-state index >= 15 is 0 Å². The topological polar surface area (TPSA) is 67.6 Å². The standard InChI is InChI=1S/C20H31N3O2.2ClH/c21-19(18-8-12-25-13-9-18)20(24)22-14-17-7-11-23(15-17)10-6-16-4-2-1-3-5-16;;/h1-5,17-19H,6-15,21H2,(H,22,24);2*1H. The van der Waals surface area contributed by atoms with Crippen LogP contribution in [0, 0.1) is 11.8 Å². The minimum absolute atomic E-state index is 0. The maximum Gasteiger partial charge on any atom is 0.237 e. The lowest BCUT2D eigenvalue weighted by Gasteiger charge is -2.27. The Hall–Kier alpha value is -0.850. The Balaban J connectivity index is 0.00000182. The zero-order valence-electron chi connectivity index (χ0n) is 15.8.